The third-order valence-corrected chi connectivity index (χ3v) is 8.42. The van der Waals surface area contributed by atoms with Crippen LogP contribution in [0.25, 0.3) is 88.0 Å². The molecule has 1 aromatic heterocycles. The fourth-order valence-electron chi connectivity index (χ4n) is 6.46. The van der Waals surface area contributed by atoms with Gasteiger partial charge in [-0.05, 0) is 84.3 Å². The molecular formula is C44H28O. The largest absolute Gasteiger partial charge is 0.456 e. The van der Waals surface area contributed by atoms with Crippen molar-refractivity contribution in [1.82, 2.24) is 0 Å². The van der Waals surface area contributed by atoms with E-state index in [1.165, 1.54) is 0 Å². The summed E-state index contributed by atoms with van der Waals surface area (Å²) < 4.78 is 84.6. The first-order valence-electron chi connectivity index (χ1n) is 19.2. The zero-order valence-corrected chi connectivity index (χ0v) is 23.9. The van der Waals surface area contributed by atoms with Crippen molar-refractivity contribution in [2.45, 2.75) is 0 Å². The van der Waals surface area contributed by atoms with Crippen LogP contribution in [0.2, 0.25) is 0 Å². The highest BCUT2D eigenvalue weighted by molar-refractivity contribution is 6.25. The summed E-state index contributed by atoms with van der Waals surface area (Å²) in [6.45, 7) is 0. The number of hydrogen-bond donors (Lipinski definition) is 0. The molecule has 0 aliphatic carbocycles. The Morgan fingerprint density at radius 3 is 1.67 bits per heavy atom. The van der Waals surface area contributed by atoms with Gasteiger partial charge >= 0.3 is 0 Å². The SMILES string of the molecule is [2H]c1c([2H])c([2H])c(-c2ccc3c(c2)oc2cccc(-c4c5ccccc5c(-c5c([2H])c([2H])c(-c6ccccc6)c([2H])c5[2H])c5ccccc45)c23)c([2H])c1[2H]. The minimum Gasteiger partial charge on any atom is -0.456 e. The molecule has 210 valence electrons. The van der Waals surface area contributed by atoms with Crippen molar-refractivity contribution >= 4 is 43.5 Å². The van der Waals surface area contributed by atoms with Gasteiger partial charge in [-0.1, -0.05) is 151 Å². The molecule has 1 nitrogen and oxygen atoms in total. The number of furan rings is 1. The fraction of sp³-hybridized carbons (Fsp3) is 0. The van der Waals surface area contributed by atoms with Crippen LogP contribution in [0.3, 0.4) is 0 Å². The molecule has 0 atom stereocenters. The normalized spacial score (nSPS) is 14.4. The fourth-order valence-corrected chi connectivity index (χ4v) is 6.46. The molecule has 0 saturated heterocycles. The predicted octanol–water partition coefficient (Wildman–Crippen LogP) is 12.6. The van der Waals surface area contributed by atoms with Crippen molar-refractivity contribution in [2.75, 3.05) is 0 Å². The van der Waals surface area contributed by atoms with Gasteiger partial charge in [0.15, 0.2) is 0 Å². The molecule has 9 aromatic rings. The summed E-state index contributed by atoms with van der Waals surface area (Å²) in [6.07, 6.45) is 0. The second kappa shape index (κ2) is 10.4. The van der Waals surface area contributed by atoms with Crippen LogP contribution in [0.1, 0.15) is 12.3 Å². The Bertz CT molecular complexity index is 2930. The van der Waals surface area contributed by atoms with Gasteiger partial charge in [0.2, 0.25) is 0 Å². The van der Waals surface area contributed by atoms with Gasteiger partial charge in [0, 0.05) is 10.8 Å². The maximum Gasteiger partial charge on any atom is 0.136 e. The molecular weight excluding hydrogens is 544 g/mol. The Labute approximate surface area is 274 Å². The van der Waals surface area contributed by atoms with Crippen molar-refractivity contribution in [3.8, 4) is 44.5 Å². The number of fused-ring (bicyclic) bond motifs is 5. The first-order chi connectivity index (χ1) is 26.1. The predicted molar refractivity (Wildman–Crippen MR) is 190 cm³/mol. The van der Waals surface area contributed by atoms with Gasteiger partial charge in [-0.3, -0.25) is 0 Å². The number of benzene rings is 8. The average molecular weight is 582 g/mol. The van der Waals surface area contributed by atoms with E-state index in [1.54, 1.807) is 24.3 Å². The number of rotatable bonds is 4. The summed E-state index contributed by atoms with van der Waals surface area (Å²) in [4.78, 5) is 0. The lowest BCUT2D eigenvalue weighted by Gasteiger charge is -2.18. The molecule has 1 heteroatoms. The second-order valence-electron chi connectivity index (χ2n) is 10.9. The third kappa shape index (κ3) is 4.17. The lowest BCUT2D eigenvalue weighted by atomic mass is 9.84. The highest BCUT2D eigenvalue weighted by Crippen LogP contribution is 2.47. The molecule has 9 rings (SSSR count). The zero-order valence-electron chi connectivity index (χ0n) is 32.9. The van der Waals surface area contributed by atoms with Crippen LogP contribution >= 0.6 is 0 Å². The minimum absolute atomic E-state index is 0.0992. The summed E-state index contributed by atoms with van der Waals surface area (Å²) in [7, 11) is 0. The van der Waals surface area contributed by atoms with E-state index in [4.69, 9.17) is 14.0 Å². The monoisotopic (exact) mass is 581 g/mol. The molecule has 0 aliphatic heterocycles. The zero-order chi connectivity index (χ0) is 37.6. The Morgan fingerprint density at radius 2 is 0.978 bits per heavy atom. The van der Waals surface area contributed by atoms with E-state index in [2.05, 4.69) is 0 Å². The molecule has 0 N–H and O–H groups in total. The molecule has 0 radical (unpaired) electrons. The van der Waals surface area contributed by atoms with Crippen molar-refractivity contribution in [3.05, 3.63) is 170 Å². The first-order valence-corrected chi connectivity index (χ1v) is 14.7. The maximum absolute atomic E-state index is 9.29. The van der Waals surface area contributed by atoms with E-state index in [1.807, 2.05) is 91.0 Å². The van der Waals surface area contributed by atoms with E-state index in [0.29, 0.717) is 27.9 Å². The molecule has 0 amide bonds. The third-order valence-electron chi connectivity index (χ3n) is 8.42. The van der Waals surface area contributed by atoms with E-state index in [0.717, 1.165) is 43.4 Å². The quantitative estimate of drug-likeness (QED) is 0.188. The Kier molecular flexibility index (Phi) is 4.15. The highest BCUT2D eigenvalue weighted by Gasteiger charge is 2.20. The van der Waals surface area contributed by atoms with Crippen molar-refractivity contribution in [1.29, 1.82) is 0 Å². The smallest absolute Gasteiger partial charge is 0.136 e. The Hall–Kier alpha value is -5.92. The molecule has 0 saturated carbocycles. The van der Waals surface area contributed by atoms with E-state index in [-0.39, 0.29) is 52.9 Å². The second-order valence-corrected chi connectivity index (χ2v) is 10.9. The topological polar surface area (TPSA) is 13.1 Å². The van der Waals surface area contributed by atoms with Crippen LogP contribution in [0.15, 0.2) is 174 Å². The maximum atomic E-state index is 9.29. The molecule has 0 unspecified atom stereocenters. The van der Waals surface area contributed by atoms with Gasteiger partial charge < -0.3 is 4.42 Å². The van der Waals surface area contributed by atoms with Crippen LogP contribution in [0.4, 0.5) is 0 Å². The van der Waals surface area contributed by atoms with Crippen molar-refractivity contribution in [3.63, 3.8) is 0 Å². The van der Waals surface area contributed by atoms with Crippen molar-refractivity contribution < 1.29 is 16.8 Å². The molecule has 0 aliphatic rings. The molecule has 45 heavy (non-hydrogen) atoms. The summed E-state index contributed by atoms with van der Waals surface area (Å²) in [5.41, 5.74) is 5.15. The minimum atomic E-state index is -0.448. The van der Waals surface area contributed by atoms with E-state index < -0.39 is 18.1 Å². The molecule has 0 spiro atoms. The van der Waals surface area contributed by atoms with E-state index in [9.17, 15) is 2.74 Å². The first kappa shape index (κ1) is 18.0. The summed E-state index contributed by atoms with van der Waals surface area (Å²) in [6, 6.07) is 33.6. The Morgan fingerprint density at radius 1 is 0.378 bits per heavy atom. The number of hydrogen-bond acceptors (Lipinski definition) is 1. The Balaban J connectivity index is 1.33. The lowest BCUT2D eigenvalue weighted by molar-refractivity contribution is 0.669. The molecule has 0 bridgehead atoms. The van der Waals surface area contributed by atoms with Gasteiger partial charge in [0.05, 0.1) is 12.3 Å². The summed E-state index contributed by atoms with van der Waals surface area (Å²) in [5, 5.41) is 4.87. The van der Waals surface area contributed by atoms with Crippen LogP contribution in [0, 0.1) is 0 Å². The summed E-state index contributed by atoms with van der Waals surface area (Å²) in [5.74, 6) is 0. The van der Waals surface area contributed by atoms with Gasteiger partial charge in [-0.2, -0.15) is 0 Å². The van der Waals surface area contributed by atoms with Crippen LogP contribution < -0.4 is 0 Å². The molecule has 1 heterocycles. The standard InChI is InChI=1S/C44H28O/c1-3-12-29(13-4-1)31-22-24-32(25-23-31)42-34-16-7-9-18-36(34)43(37-19-10-8-17-35(37)42)39-20-11-21-40-44(39)38-27-26-33(28-41(38)45-40)30-14-5-2-6-15-30/h1-28H/i2D,5D,6D,14D,15D,22D,23D,24D,25D. The average Bonchev–Trinajstić information content (AvgIpc) is 3.57. The highest BCUT2D eigenvalue weighted by atomic mass is 16.3. The molecule has 8 aromatic carbocycles. The van der Waals surface area contributed by atoms with Gasteiger partial charge in [-0.15, -0.1) is 0 Å². The van der Waals surface area contributed by atoms with Gasteiger partial charge in [0.1, 0.15) is 11.2 Å². The molecule has 0 fully saturated rings. The van der Waals surface area contributed by atoms with E-state index >= 15 is 0 Å². The summed E-state index contributed by atoms with van der Waals surface area (Å²) >= 11 is 0. The van der Waals surface area contributed by atoms with Gasteiger partial charge in [0.25, 0.3) is 0 Å². The van der Waals surface area contributed by atoms with Crippen LogP contribution in [-0.2, 0) is 0 Å². The van der Waals surface area contributed by atoms with Gasteiger partial charge in [-0.25, -0.2) is 0 Å². The van der Waals surface area contributed by atoms with Crippen LogP contribution in [0.5, 0.6) is 0 Å². The lowest BCUT2D eigenvalue weighted by Crippen LogP contribution is -1.91. The van der Waals surface area contributed by atoms with Crippen LogP contribution in [-0.4, -0.2) is 0 Å². The van der Waals surface area contributed by atoms with Crippen molar-refractivity contribution in [2.24, 2.45) is 0 Å².